The summed E-state index contributed by atoms with van der Waals surface area (Å²) in [6.45, 7) is 5.58. The van der Waals surface area contributed by atoms with Gasteiger partial charge in [-0.25, -0.2) is 4.79 Å². The molecule has 8 nitrogen and oxygen atoms in total. The summed E-state index contributed by atoms with van der Waals surface area (Å²) in [6, 6.07) is 10.8. The van der Waals surface area contributed by atoms with E-state index in [9.17, 15) is 20.0 Å². The fraction of sp³-hybridized carbons (Fsp3) is 0.238. The number of phenols is 1. The largest absolute Gasteiger partial charge is 0.502 e. The highest BCUT2D eigenvalue weighted by molar-refractivity contribution is 7.80. The molecule has 0 amide bonds. The molecule has 1 heterocycles. The van der Waals surface area contributed by atoms with Crippen molar-refractivity contribution in [2.24, 2.45) is 0 Å². The number of carbonyl (C=O) groups excluding carboxylic acids is 1. The highest BCUT2D eigenvalue weighted by Gasteiger charge is 2.36. The first-order valence-corrected chi connectivity index (χ1v) is 9.68. The normalized spacial score (nSPS) is 16.3. The summed E-state index contributed by atoms with van der Waals surface area (Å²) < 4.78 is 5.26. The Balaban J connectivity index is 2.17. The highest BCUT2D eigenvalue weighted by atomic mass is 32.1. The van der Waals surface area contributed by atoms with Crippen LogP contribution in [0.25, 0.3) is 0 Å². The van der Waals surface area contributed by atoms with Crippen LogP contribution in [-0.2, 0) is 9.53 Å². The van der Waals surface area contributed by atoms with Crippen LogP contribution in [0.3, 0.4) is 0 Å². The number of benzene rings is 2. The molecule has 0 aromatic heterocycles. The average Bonchev–Trinajstić information content (AvgIpc) is 2.68. The van der Waals surface area contributed by atoms with Crippen LogP contribution >= 0.6 is 12.2 Å². The predicted octanol–water partition coefficient (Wildman–Crippen LogP) is 3.88. The van der Waals surface area contributed by atoms with Crippen LogP contribution in [0.15, 0.2) is 53.7 Å². The molecule has 0 bridgehead atoms. The molecule has 2 aromatic carbocycles. The lowest BCUT2D eigenvalue weighted by Crippen LogP contribution is -2.48. The van der Waals surface area contributed by atoms with Gasteiger partial charge in [-0.1, -0.05) is 18.2 Å². The second kappa shape index (κ2) is 8.50. The van der Waals surface area contributed by atoms with E-state index in [2.05, 4.69) is 5.32 Å². The monoisotopic (exact) mass is 427 g/mol. The summed E-state index contributed by atoms with van der Waals surface area (Å²) in [6.07, 6.45) is 0. The molecular weight excluding hydrogens is 406 g/mol. The Morgan fingerprint density at radius 3 is 2.67 bits per heavy atom. The zero-order valence-corrected chi connectivity index (χ0v) is 17.5. The third-order valence-electron chi connectivity index (χ3n) is 4.77. The Bertz CT molecular complexity index is 1070. The van der Waals surface area contributed by atoms with E-state index >= 15 is 0 Å². The van der Waals surface area contributed by atoms with Gasteiger partial charge < -0.3 is 15.2 Å². The lowest BCUT2D eigenvalue weighted by Gasteiger charge is -2.37. The molecule has 3 rings (SSSR count). The van der Waals surface area contributed by atoms with Crippen molar-refractivity contribution in [1.82, 2.24) is 5.32 Å². The summed E-state index contributed by atoms with van der Waals surface area (Å²) in [5.74, 6) is -1.01. The van der Waals surface area contributed by atoms with Crippen molar-refractivity contribution in [1.29, 1.82) is 0 Å². The molecule has 0 saturated heterocycles. The molecule has 2 aromatic rings. The van der Waals surface area contributed by atoms with E-state index in [4.69, 9.17) is 17.0 Å². The summed E-state index contributed by atoms with van der Waals surface area (Å²) in [7, 11) is 0. The minimum absolute atomic E-state index is 0.174. The fourth-order valence-corrected chi connectivity index (χ4v) is 3.77. The number of carbonyl (C=O) groups is 1. The number of anilines is 1. The maximum atomic E-state index is 12.9. The number of nitro groups is 1. The summed E-state index contributed by atoms with van der Waals surface area (Å²) in [4.78, 5) is 25.2. The molecule has 0 aliphatic carbocycles. The van der Waals surface area contributed by atoms with Gasteiger partial charge in [-0.2, -0.15) is 0 Å². The van der Waals surface area contributed by atoms with E-state index in [1.54, 1.807) is 18.7 Å². The first-order valence-electron chi connectivity index (χ1n) is 9.27. The number of aromatic hydroxyl groups is 1. The number of hydrogen-bond acceptors (Lipinski definition) is 6. The Hall–Kier alpha value is -3.46. The van der Waals surface area contributed by atoms with Crippen molar-refractivity contribution in [2.75, 3.05) is 11.5 Å². The number of esters is 1. The van der Waals surface area contributed by atoms with Crippen LogP contribution in [0.4, 0.5) is 11.4 Å². The number of nitro benzene ring substituents is 1. The van der Waals surface area contributed by atoms with Crippen LogP contribution in [-0.4, -0.2) is 27.7 Å². The number of phenolic OH excluding ortho intramolecular Hbond substituents is 1. The van der Waals surface area contributed by atoms with Crippen molar-refractivity contribution < 1.29 is 19.6 Å². The van der Waals surface area contributed by atoms with Gasteiger partial charge in [0.25, 0.3) is 0 Å². The van der Waals surface area contributed by atoms with Crippen LogP contribution < -0.4 is 10.2 Å². The van der Waals surface area contributed by atoms with Gasteiger partial charge >= 0.3 is 11.7 Å². The molecule has 9 heteroatoms. The van der Waals surface area contributed by atoms with E-state index < -0.39 is 28.4 Å². The Labute approximate surface area is 178 Å². The summed E-state index contributed by atoms with van der Waals surface area (Å²) in [5, 5.41) is 24.5. The van der Waals surface area contributed by atoms with Gasteiger partial charge in [-0.3, -0.25) is 15.0 Å². The first kappa shape index (κ1) is 21.3. The molecule has 1 unspecified atom stereocenters. The van der Waals surface area contributed by atoms with Crippen LogP contribution in [0.2, 0.25) is 0 Å². The summed E-state index contributed by atoms with van der Waals surface area (Å²) >= 11 is 5.57. The van der Waals surface area contributed by atoms with E-state index in [1.807, 2.05) is 31.2 Å². The van der Waals surface area contributed by atoms with Gasteiger partial charge in [-0.05, 0) is 62.3 Å². The molecule has 1 aliphatic heterocycles. The van der Waals surface area contributed by atoms with Crippen molar-refractivity contribution in [3.63, 3.8) is 0 Å². The standard InChI is InChI=1S/C21H21N3O5S/c1-4-29-20(26)18-13(3)23(15-7-5-6-12(2)10-15)21(30)22-19(18)14-8-9-17(25)16(11-14)24(27)28/h5-11,19,25H,4H2,1-3H3,(H,22,30). The van der Waals surface area contributed by atoms with E-state index in [-0.39, 0.29) is 12.2 Å². The number of thiocarbonyl (C=S) groups is 1. The van der Waals surface area contributed by atoms with E-state index in [1.165, 1.54) is 18.2 Å². The second-order valence-electron chi connectivity index (χ2n) is 6.78. The number of allylic oxidation sites excluding steroid dienone is 1. The van der Waals surface area contributed by atoms with Gasteiger partial charge in [0.2, 0.25) is 0 Å². The molecule has 0 radical (unpaired) electrons. The molecule has 1 atom stereocenters. The number of aryl methyl sites for hydroxylation is 1. The topological polar surface area (TPSA) is 105 Å². The second-order valence-corrected chi connectivity index (χ2v) is 7.17. The number of ether oxygens (including phenoxy) is 1. The summed E-state index contributed by atoms with van der Waals surface area (Å²) in [5.41, 5.74) is 2.60. The molecule has 2 N–H and O–H groups in total. The van der Waals surface area contributed by atoms with E-state index in [0.29, 0.717) is 16.4 Å². The Morgan fingerprint density at radius 1 is 1.30 bits per heavy atom. The van der Waals surface area contributed by atoms with Crippen LogP contribution in [0.5, 0.6) is 5.75 Å². The van der Waals surface area contributed by atoms with E-state index in [0.717, 1.165) is 11.3 Å². The number of nitrogens with zero attached hydrogens (tertiary/aromatic N) is 2. The lowest BCUT2D eigenvalue weighted by molar-refractivity contribution is -0.385. The lowest BCUT2D eigenvalue weighted by atomic mass is 9.94. The minimum Gasteiger partial charge on any atom is -0.502 e. The number of rotatable bonds is 5. The molecule has 0 spiro atoms. The fourth-order valence-electron chi connectivity index (χ4n) is 3.41. The van der Waals surface area contributed by atoms with Crippen LogP contribution in [0, 0.1) is 17.0 Å². The van der Waals surface area contributed by atoms with Crippen LogP contribution in [0.1, 0.15) is 31.0 Å². The number of hydrogen-bond donors (Lipinski definition) is 2. The van der Waals surface area contributed by atoms with Gasteiger partial charge in [0.05, 0.1) is 23.1 Å². The average molecular weight is 427 g/mol. The first-order chi connectivity index (χ1) is 14.2. The third kappa shape index (κ3) is 3.97. The van der Waals surface area contributed by atoms with Gasteiger partial charge in [0, 0.05) is 17.5 Å². The molecule has 0 saturated carbocycles. The molecule has 0 fully saturated rings. The van der Waals surface area contributed by atoms with Crippen molar-refractivity contribution in [3.8, 4) is 5.75 Å². The molecular formula is C21H21N3O5S. The van der Waals surface area contributed by atoms with Crippen molar-refractivity contribution >= 4 is 34.7 Å². The minimum atomic E-state index is -0.767. The van der Waals surface area contributed by atoms with Gasteiger partial charge in [0.1, 0.15) is 0 Å². The SMILES string of the molecule is CCOC(=O)C1=C(C)N(c2cccc(C)c2)C(=S)NC1c1ccc(O)c([N+](=O)[O-])c1. The zero-order valence-electron chi connectivity index (χ0n) is 16.7. The molecule has 156 valence electrons. The third-order valence-corrected chi connectivity index (χ3v) is 5.07. The van der Waals surface area contributed by atoms with Gasteiger partial charge in [-0.15, -0.1) is 0 Å². The maximum Gasteiger partial charge on any atom is 0.338 e. The molecule has 1 aliphatic rings. The maximum absolute atomic E-state index is 12.9. The highest BCUT2D eigenvalue weighted by Crippen LogP contribution is 2.37. The number of nitrogens with one attached hydrogen (secondary N) is 1. The van der Waals surface area contributed by atoms with Crippen molar-refractivity contribution in [3.05, 3.63) is 75.0 Å². The quantitative estimate of drug-likeness (QED) is 0.321. The molecule has 30 heavy (non-hydrogen) atoms. The zero-order chi connectivity index (χ0) is 22.0. The Morgan fingerprint density at radius 2 is 2.03 bits per heavy atom. The predicted molar refractivity (Wildman–Crippen MR) is 116 cm³/mol. The van der Waals surface area contributed by atoms with Gasteiger partial charge in [0.15, 0.2) is 10.9 Å². The van der Waals surface area contributed by atoms with Crippen molar-refractivity contribution in [2.45, 2.75) is 26.8 Å². The Kier molecular flexibility index (Phi) is 6.02. The smallest absolute Gasteiger partial charge is 0.338 e.